The number of hydrogen-bond donors (Lipinski definition) is 0. The number of pyridine rings is 1. The third-order valence-corrected chi connectivity index (χ3v) is 5.15. The normalized spacial score (nSPS) is 11.0. The number of rotatable bonds is 6. The van der Waals surface area contributed by atoms with E-state index in [-0.39, 0.29) is 5.91 Å². The predicted molar refractivity (Wildman–Crippen MR) is 116 cm³/mol. The van der Waals surface area contributed by atoms with Crippen LogP contribution >= 0.6 is 11.6 Å². The van der Waals surface area contributed by atoms with Crippen molar-refractivity contribution in [2.45, 2.75) is 26.4 Å². The largest absolute Gasteiger partial charge is 0.329 e. The highest BCUT2D eigenvalue weighted by Gasteiger charge is 2.24. The summed E-state index contributed by atoms with van der Waals surface area (Å²) in [5.74, 6) is -0.0376. The number of carbonyl (C=O) groups is 1. The van der Waals surface area contributed by atoms with Crippen LogP contribution in [0.25, 0.3) is 5.65 Å². The van der Waals surface area contributed by atoms with Crippen LogP contribution in [0.4, 0.5) is 0 Å². The molecule has 0 atom stereocenters. The maximum absolute atomic E-state index is 13.7. The first kappa shape index (κ1) is 19.2. The predicted octanol–water partition coefficient (Wildman–Crippen LogP) is 5.39. The van der Waals surface area contributed by atoms with Crippen molar-refractivity contribution >= 4 is 23.2 Å². The van der Waals surface area contributed by atoms with Crippen molar-refractivity contribution < 1.29 is 4.79 Å². The molecule has 29 heavy (non-hydrogen) atoms. The van der Waals surface area contributed by atoms with E-state index in [0.29, 0.717) is 35.9 Å². The van der Waals surface area contributed by atoms with Gasteiger partial charge in [0.15, 0.2) is 0 Å². The highest BCUT2D eigenvalue weighted by molar-refractivity contribution is 6.30. The van der Waals surface area contributed by atoms with Crippen molar-refractivity contribution in [3.05, 3.63) is 107 Å². The maximum atomic E-state index is 13.7. The molecule has 5 heteroatoms. The Hall–Kier alpha value is -3.11. The first-order valence-corrected chi connectivity index (χ1v) is 10.1. The lowest BCUT2D eigenvalue weighted by molar-refractivity contribution is 0.0721. The van der Waals surface area contributed by atoms with Crippen molar-refractivity contribution in [2.24, 2.45) is 0 Å². The standard InChI is InChI=1S/C24H22ClN3O/c1-2-21-23(28-14-13-20(25)15-22(28)26-21)24(29)27(16-18-9-5-3-6-10-18)17-19-11-7-4-8-12-19/h3-15H,2,16-17H2,1H3. The number of hydrogen-bond acceptors (Lipinski definition) is 2. The molecule has 0 aliphatic carbocycles. The van der Waals surface area contributed by atoms with Gasteiger partial charge >= 0.3 is 0 Å². The summed E-state index contributed by atoms with van der Waals surface area (Å²) in [7, 11) is 0. The molecular weight excluding hydrogens is 382 g/mol. The number of halogens is 1. The fraction of sp³-hybridized carbons (Fsp3) is 0.167. The molecule has 146 valence electrons. The molecule has 0 saturated carbocycles. The molecule has 0 fully saturated rings. The van der Waals surface area contributed by atoms with Crippen molar-refractivity contribution in [3.8, 4) is 0 Å². The van der Waals surface area contributed by atoms with E-state index in [1.165, 1.54) is 0 Å². The van der Waals surface area contributed by atoms with Gasteiger partial charge in [-0.2, -0.15) is 0 Å². The molecular formula is C24H22ClN3O. The molecule has 4 aromatic rings. The highest BCUT2D eigenvalue weighted by atomic mass is 35.5. The summed E-state index contributed by atoms with van der Waals surface area (Å²) in [5.41, 5.74) is 4.25. The topological polar surface area (TPSA) is 37.6 Å². The Morgan fingerprint density at radius 3 is 2.10 bits per heavy atom. The Balaban J connectivity index is 1.75. The van der Waals surface area contributed by atoms with E-state index in [2.05, 4.69) is 4.98 Å². The summed E-state index contributed by atoms with van der Waals surface area (Å²) in [4.78, 5) is 20.2. The molecule has 0 saturated heterocycles. The summed E-state index contributed by atoms with van der Waals surface area (Å²) in [6.07, 6.45) is 2.49. The van der Waals surface area contributed by atoms with E-state index in [1.54, 1.807) is 12.1 Å². The van der Waals surface area contributed by atoms with Gasteiger partial charge in [-0.15, -0.1) is 0 Å². The second-order valence-electron chi connectivity index (χ2n) is 6.97. The van der Waals surface area contributed by atoms with Gasteiger partial charge in [0.05, 0.1) is 5.69 Å². The number of imidazole rings is 1. The lowest BCUT2D eigenvalue weighted by Crippen LogP contribution is -2.31. The van der Waals surface area contributed by atoms with Gasteiger partial charge in [0.25, 0.3) is 5.91 Å². The Morgan fingerprint density at radius 1 is 0.966 bits per heavy atom. The fourth-order valence-corrected chi connectivity index (χ4v) is 3.65. The van der Waals surface area contributed by atoms with Crippen molar-refractivity contribution in [3.63, 3.8) is 0 Å². The van der Waals surface area contributed by atoms with E-state index < -0.39 is 0 Å². The van der Waals surface area contributed by atoms with E-state index in [4.69, 9.17) is 11.6 Å². The van der Waals surface area contributed by atoms with Gasteiger partial charge in [-0.1, -0.05) is 79.2 Å². The van der Waals surface area contributed by atoms with E-state index >= 15 is 0 Å². The summed E-state index contributed by atoms with van der Waals surface area (Å²) in [5, 5.41) is 0.606. The Morgan fingerprint density at radius 2 is 1.55 bits per heavy atom. The fourth-order valence-electron chi connectivity index (χ4n) is 3.50. The molecule has 2 aromatic carbocycles. The molecule has 0 unspecified atom stereocenters. The monoisotopic (exact) mass is 403 g/mol. The first-order valence-electron chi connectivity index (χ1n) is 9.69. The minimum atomic E-state index is -0.0376. The molecule has 0 spiro atoms. The molecule has 0 radical (unpaired) electrons. The van der Waals surface area contributed by atoms with Crippen LogP contribution in [0.2, 0.25) is 5.02 Å². The average Bonchev–Trinajstić information content (AvgIpc) is 3.12. The molecule has 2 aromatic heterocycles. The second-order valence-corrected chi connectivity index (χ2v) is 7.40. The zero-order valence-corrected chi connectivity index (χ0v) is 17.0. The third kappa shape index (κ3) is 4.17. The van der Waals surface area contributed by atoms with Crippen LogP contribution in [0.3, 0.4) is 0 Å². The van der Waals surface area contributed by atoms with Gasteiger partial charge in [0.1, 0.15) is 11.3 Å². The number of nitrogens with zero attached hydrogens (tertiary/aromatic N) is 3. The summed E-state index contributed by atoms with van der Waals surface area (Å²) in [6.45, 7) is 3.07. The van der Waals surface area contributed by atoms with E-state index in [1.807, 2.05) is 83.1 Å². The van der Waals surface area contributed by atoms with Crippen LogP contribution in [0, 0.1) is 0 Å². The number of amides is 1. The summed E-state index contributed by atoms with van der Waals surface area (Å²) >= 11 is 6.13. The molecule has 4 nitrogen and oxygen atoms in total. The lowest BCUT2D eigenvalue weighted by Gasteiger charge is -2.23. The molecule has 2 heterocycles. The zero-order chi connectivity index (χ0) is 20.2. The molecule has 0 aliphatic heterocycles. The smallest absolute Gasteiger partial charge is 0.273 e. The van der Waals surface area contributed by atoms with Gasteiger partial charge in [-0.3, -0.25) is 9.20 Å². The van der Waals surface area contributed by atoms with Crippen molar-refractivity contribution in [1.29, 1.82) is 0 Å². The van der Waals surface area contributed by atoms with Gasteiger partial charge in [0.2, 0.25) is 0 Å². The minimum Gasteiger partial charge on any atom is -0.329 e. The first-order chi connectivity index (χ1) is 14.2. The highest BCUT2D eigenvalue weighted by Crippen LogP contribution is 2.21. The average molecular weight is 404 g/mol. The number of carbonyl (C=O) groups excluding carboxylic acids is 1. The molecule has 1 amide bonds. The van der Waals surface area contributed by atoms with E-state index in [9.17, 15) is 4.79 Å². The summed E-state index contributed by atoms with van der Waals surface area (Å²) in [6, 6.07) is 23.7. The maximum Gasteiger partial charge on any atom is 0.273 e. The van der Waals surface area contributed by atoms with Gasteiger partial charge in [0, 0.05) is 30.4 Å². The van der Waals surface area contributed by atoms with Crippen LogP contribution in [-0.2, 0) is 19.5 Å². The quantitative estimate of drug-likeness (QED) is 0.432. The second kappa shape index (κ2) is 8.50. The summed E-state index contributed by atoms with van der Waals surface area (Å²) < 4.78 is 1.84. The van der Waals surface area contributed by atoms with E-state index in [0.717, 1.165) is 16.8 Å². The van der Waals surface area contributed by atoms with Crippen LogP contribution in [0.5, 0.6) is 0 Å². The SMILES string of the molecule is CCc1nc2cc(Cl)ccn2c1C(=O)N(Cc1ccccc1)Cc1ccccc1. The molecule has 4 rings (SSSR count). The zero-order valence-electron chi connectivity index (χ0n) is 16.3. The van der Waals surface area contributed by atoms with Crippen LogP contribution in [0.1, 0.15) is 34.2 Å². The number of fused-ring (bicyclic) bond motifs is 1. The van der Waals surface area contributed by atoms with Crippen LogP contribution in [-0.4, -0.2) is 20.2 Å². The number of benzene rings is 2. The van der Waals surface area contributed by atoms with Gasteiger partial charge in [-0.25, -0.2) is 4.98 Å². The lowest BCUT2D eigenvalue weighted by atomic mass is 10.1. The molecule has 0 bridgehead atoms. The van der Waals surface area contributed by atoms with Crippen LogP contribution in [0.15, 0.2) is 79.0 Å². The Labute approximate surface area is 175 Å². The molecule has 0 N–H and O–H groups in total. The third-order valence-electron chi connectivity index (χ3n) is 4.92. The number of aryl methyl sites for hydroxylation is 1. The molecule has 0 aliphatic rings. The van der Waals surface area contributed by atoms with Crippen LogP contribution < -0.4 is 0 Å². The number of aromatic nitrogens is 2. The van der Waals surface area contributed by atoms with Crippen molar-refractivity contribution in [1.82, 2.24) is 14.3 Å². The minimum absolute atomic E-state index is 0.0376. The Kier molecular flexibility index (Phi) is 5.63. The van der Waals surface area contributed by atoms with Gasteiger partial charge < -0.3 is 4.90 Å². The Bertz CT molecular complexity index is 1080. The van der Waals surface area contributed by atoms with Gasteiger partial charge in [-0.05, 0) is 23.6 Å². The van der Waals surface area contributed by atoms with Crippen molar-refractivity contribution in [2.75, 3.05) is 0 Å².